The lowest BCUT2D eigenvalue weighted by Crippen LogP contribution is -2.13. The van der Waals surface area contributed by atoms with Gasteiger partial charge in [-0.25, -0.2) is 0 Å². The van der Waals surface area contributed by atoms with Crippen molar-refractivity contribution in [1.29, 1.82) is 0 Å². The third-order valence-corrected chi connectivity index (χ3v) is 4.02. The van der Waals surface area contributed by atoms with Crippen LogP contribution in [-0.2, 0) is 6.54 Å². The Bertz CT molecular complexity index is 821. The molecule has 0 fully saturated rings. The molecule has 1 aliphatic rings. The summed E-state index contributed by atoms with van der Waals surface area (Å²) in [7, 11) is 0. The lowest BCUT2D eigenvalue weighted by molar-refractivity contribution is -0.453. The van der Waals surface area contributed by atoms with Crippen molar-refractivity contribution in [2.75, 3.05) is 0 Å². The molecule has 1 aliphatic heterocycles. The van der Waals surface area contributed by atoms with Crippen LogP contribution in [0.5, 0.6) is 0 Å². The van der Waals surface area contributed by atoms with Crippen LogP contribution in [0.15, 0.2) is 60.7 Å². The monoisotopic (exact) mass is 258 g/mol. The molecule has 0 radical (unpaired) electrons. The Morgan fingerprint density at radius 1 is 0.850 bits per heavy atom. The van der Waals surface area contributed by atoms with Crippen molar-refractivity contribution in [2.45, 2.75) is 13.5 Å². The van der Waals surface area contributed by atoms with Gasteiger partial charge in [0.2, 0.25) is 5.69 Å². The second-order valence-corrected chi connectivity index (χ2v) is 5.46. The van der Waals surface area contributed by atoms with Gasteiger partial charge in [-0.2, -0.15) is 4.58 Å². The summed E-state index contributed by atoms with van der Waals surface area (Å²) in [4.78, 5) is 0. The molecule has 0 atom stereocenters. The minimum Gasteiger partial charge on any atom is -0.194 e. The number of aryl methyl sites for hydroxylation is 1. The van der Waals surface area contributed by atoms with Gasteiger partial charge in [-0.3, -0.25) is 0 Å². The van der Waals surface area contributed by atoms with E-state index < -0.39 is 0 Å². The lowest BCUT2D eigenvalue weighted by atomic mass is 9.97. The van der Waals surface area contributed by atoms with E-state index in [0.29, 0.717) is 0 Å². The lowest BCUT2D eigenvalue weighted by Gasteiger charge is -2.13. The SMILES string of the molecule is Cc1ccc([N+]2=Cc3cccc4cccc(c34)C2)cc1. The molecule has 0 aromatic heterocycles. The van der Waals surface area contributed by atoms with Crippen molar-refractivity contribution in [3.8, 4) is 0 Å². The average molecular weight is 258 g/mol. The third-order valence-electron chi connectivity index (χ3n) is 4.02. The van der Waals surface area contributed by atoms with E-state index in [9.17, 15) is 0 Å². The van der Waals surface area contributed by atoms with Gasteiger partial charge in [0.05, 0.1) is 0 Å². The topological polar surface area (TPSA) is 3.01 Å². The van der Waals surface area contributed by atoms with Gasteiger partial charge < -0.3 is 0 Å². The van der Waals surface area contributed by atoms with Crippen LogP contribution in [0.1, 0.15) is 16.7 Å². The summed E-state index contributed by atoms with van der Waals surface area (Å²) < 4.78 is 2.33. The fourth-order valence-electron chi connectivity index (χ4n) is 2.99. The Morgan fingerprint density at radius 3 is 2.40 bits per heavy atom. The van der Waals surface area contributed by atoms with E-state index in [1.807, 2.05) is 0 Å². The maximum Gasteiger partial charge on any atom is 0.205 e. The smallest absolute Gasteiger partial charge is 0.194 e. The molecule has 1 nitrogen and oxygen atoms in total. The van der Waals surface area contributed by atoms with Crippen LogP contribution >= 0.6 is 0 Å². The predicted octanol–water partition coefficient (Wildman–Crippen LogP) is 4.42. The summed E-state index contributed by atoms with van der Waals surface area (Å²) >= 11 is 0. The highest BCUT2D eigenvalue weighted by molar-refractivity contribution is 6.01. The van der Waals surface area contributed by atoms with Crippen molar-refractivity contribution in [1.82, 2.24) is 0 Å². The van der Waals surface area contributed by atoms with Crippen molar-refractivity contribution in [3.63, 3.8) is 0 Å². The molecule has 0 spiro atoms. The standard InChI is InChI=1S/C19H16N/c1-14-8-10-18(11-9-14)20-12-16-6-2-4-15-5-3-7-17(13-20)19(15)16/h2-12H,13H2,1H3/q+1. The molecule has 1 heteroatoms. The van der Waals surface area contributed by atoms with Crippen LogP contribution in [0.4, 0.5) is 5.69 Å². The van der Waals surface area contributed by atoms with Crippen LogP contribution in [0.2, 0.25) is 0 Å². The molecule has 0 N–H and O–H groups in total. The molecule has 0 unspecified atom stereocenters. The first-order chi connectivity index (χ1) is 9.81. The van der Waals surface area contributed by atoms with E-state index in [1.54, 1.807) is 0 Å². The van der Waals surface area contributed by atoms with Gasteiger partial charge in [-0.1, -0.05) is 48.0 Å². The highest BCUT2D eigenvalue weighted by Crippen LogP contribution is 2.28. The first-order valence-corrected chi connectivity index (χ1v) is 7.00. The number of hydrogen-bond donors (Lipinski definition) is 0. The van der Waals surface area contributed by atoms with E-state index >= 15 is 0 Å². The van der Waals surface area contributed by atoms with Crippen molar-refractivity contribution in [3.05, 3.63) is 77.4 Å². The first-order valence-electron chi connectivity index (χ1n) is 7.00. The Labute approximate surface area is 118 Å². The summed E-state index contributed by atoms with van der Waals surface area (Å²) in [5.41, 5.74) is 5.27. The quantitative estimate of drug-likeness (QED) is 0.568. The van der Waals surface area contributed by atoms with Crippen LogP contribution in [0.25, 0.3) is 10.8 Å². The third kappa shape index (κ3) is 1.75. The number of nitrogens with zero attached hydrogens (tertiary/aromatic N) is 1. The van der Waals surface area contributed by atoms with Crippen LogP contribution < -0.4 is 0 Å². The van der Waals surface area contributed by atoms with E-state index in [4.69, 9.17) is 0 Å². The number of benzene rings is 3. The summed E-state index contributed by atoms with van der Waals surface area (Å²) in [5, 5.41) is 2.73. The van der Waals surface area contributed by atoms with Gasteiger partial charge in [0.25, 0.3) is 0 Å². The first kappa shape index (κ1) is 11.4. The van der Waals surface area contributed by atoms with Gasteiger partial charge in [-0.05, 0) is 18.4 Å². The second kappa shape index (κ2) is 4.31. The van der Waals surface area contributed by atoms with Gasteiger partial charge in [0.15, 0.2) is 12.8 Å². The molecule has 4 rings (SSSR count). The minimum atomic E-state index is 0.942. The number of rotatable bonds is 1. The molecular weight excluding hydrogens is 242 g/mol. The fourth-order valence-corrected chi connectivity index (χ4v) is 2.99. The zero-order chi connectivity index (χ0) is 13.5. The molecule has 3 aromatic carbocycles. The molecule has 1 heterocycles. The minimum absolute atomic E-state index is 0.942. The van der Waals surface area contributed by atoms with Crippen LogP contribution in [0, 0.1) is 6.92 Å². The van der Waals surface area contributed by atoms with Crippen molar-refractivity contribution < 1.29 is 4.58 Å². The molecule has 96 valence electrons. The summed E-state index contributed by atoms with van der Waals surface area (Å²) in [6.07, 6.45) is 2.26. The van der Waals surface area contributed by atoms with Gasteiger partial charge in [0.1, 0.15) is 0 Å². The Morgan fingerprint density at radius 2 is 1.60 bits per heavy atom. The molecule has 0 amide bonds. The molecule has 20 heavy (non-hydrogen) atoms. The average Bonchev–Trinajstić information content (AvgIpc) is 2.48. The fraction of sp³-hybridized carbons (Fsp3) is 0.105. The second-order valence-electron chi connectivity index (χ2n) is 5.46. The summed E-state index contributed by atoms with van der Waals surface area (Å²) in [6.45, 7) is 3.07. The molecule has 0 aliphatic carbocycles. The summed E-state index contributed by atoms with van der Waals surface area (Å²) in [5.74, 6) is 0. The van der Waals surface area contributed by atoms with E-state index in [1.165, 1.54) is 33.2 Å². The molecule has 3 aromatic rings. The van der Waals surface area contributed by atoms with Crippen LogP contribution in [0.3, 0.4) is 0 Å². The zero-order valence-electron chi connectivity index (χ0n) is 11.5. The van der Waals surface area contributed by atoms with E-state index in [2.05, 4.69) is 78.4 Å². The van der Waals surface area contributed by atoms with Crippen molar-refractivity contribution in [2.24, 2.45) is 0 Å². The van der Waals surface area contributed by atoms with E-state index in [-0.39, 0.29) is 0 Å². The maximum absolute atomic E-state index is 2.33. The predicted molar refractivity (Wildman–Crippen MR) is 83.9 cm³/mol. The Kier molecular flexibility index (Phi) is 2.46. The number of hydrogen-bond acceptors (Lipinski definition) is 0. The molecular formula is C19H16N+. The molecule has 0 saturated heterocycles. The van der Waals surface area contributed by atoms with E-state index in [0.717, 1.165) is 6.54 Å². The maximum atomic E-state index is 2.33. The van der Waals surface area contributed by atoms with Gasteiger partial charge in [-0.15, -0.1) is 0 Å². The summed E-state index contributed by atoms with van der Waals surface area (Å²) in [6, 6.07) is 21.8. The molecule has 0 bridgehead atoms. The Balaban J connectivity index is 1.92. The Hall–Kier alpha value is -2.41. The largest absolute Gasteiger partial charge is 0.205 e. The van der Waals surface area contributed by atoms with Gasteiger partial charge in [0, 0.05) is 28.6 Å². The van der Waals surface area contributed by atoms with Crippen LogP contribution in [-0.4, -0.2) is 10.8 Å². The van der Waals surface area contributed by atoms with Gasteiger partial charge >= 0.3 is 0 Å². The van der Waals surface area contributed by atoms with Crippen molar-refractivity contribution >= 4 is 22.7 Å². The highest BCUT2D eigenvalue weighted by atomic mass is 15.0. The highest BCUT2D eigenvalue weighted by Gasteiger charge is 2.19. The molecule has 0 saturated carbocycles. The zero-order valence-corrected chi connectivity index (χ0v) is 11.5. The normalized spacial score (nSPS) is 13.3.